The quantitative estimate of drug-likeness (QED) is 0.781. The SMILES string of the molecule is C1=CC=NN(C2CCCCCN2N2C=CC=CC=N2)C=C1. The monoisotopic (exact) mass is 283 g/mol. The van der Waals surface area contributed by atoms with Crippen LogP contribution in [0.2, 0.25) is 0 Å². The topological polar surface area (TPSA) is 34.4 Å². The van der Waals surface area contributed by atoms with E-state index in [9.17, 15) is 0 Å². The zero-order chi connectivity index (χ0) is 14.3. The minimum absolute atomic E-state index is 0.194. The summed E-state index contributed by atoms with van der Waals surface area (Å²) in [6.45, 7) is 0.986. The highest BCUT2D eigenvalue weighted by Crippen LogP contribution is 2.23. The molecule has 0 aromatic heterocycles. The molecule has 21 heavy (non-hydrogen) atoms. The van der Waals surface area contributed by atoms with Gasteiger partial charge in [-0.05, 0) is 43.6 Å². The van der Waals surface area contributed by atoms with Crippen LogP contribution in [0.15, 0.2) is 59.1 Å². The van der Waals surface area contributed by atoms with Crippen LogP contribution in [0.4, 0.5) is 0 Å². The zero-order valence-corrected chi connectivity index (χ0v) is 12.1. The summed E-state index contributed by atoms with van der Waals surface area (Å²) >= 11 is 0. The molecule has 1 fully saturated rings. The molecule has 110 valence electrons. The third kappa shape index (κ3) is 3.49. The Kier molecular flexibility index (Phi) is 4.63. The standard InChI is InChI=1S/C16H21N5/c1-4-10-16(19-13-7-2-5-11-17-19)20(14-8-1)21-15-9-3-6-12-18-21/h2-3,5-7,9,11-13,15-16H,1,4,8,10,14H2. The molecule has 0 bridgehead atoms. The first-order valence-electron chi connectivity index (χ1n) is 7.54. The molecule has 1 atom stereocenters. The Bertz CT molecular complexity index is 437. The Hall–Kier alpha value is -2.14. The van der Waals surface area contributed by atoms with Crippen LogP contribution in [0.5, 0.6) is 0 Å². The van der Waals surface area contributed by atoms with Crippen molar-refractivity contribution >= 4 is 12.4 Å². The van der Waals surface area contributed by atoms with E-state index in [-0.39, 0.29) is 6.17 Å². The summed E-state index contributed by atoms with van der Waals surface area (Å²) in [5, 5.41) is 15.3. The van der Waals surface area contributed by atoms with E-state index in [2.05, 4.69) is 15.2 Å². The first kappa shape index (κ1) is 13.8. The van der Waals surface area contributed by atoms with Gasteiger partial charge in [0.05, 0.1) is 0 Å². The molecule has 0 aliphatic carbocycles. The van der Waals surface area contributed by atoms with Gasteiger partial charge >= 0.3 is 0 Å². The molecule has 3 aliphatic rings. The smallest absolute Gasteiger partial charge is 0.123 e. The second kappa shape index (κ2) is 7.04. The highest BCUT2D eigenvalue weighted by atomic mass is 15.8. The summed E-state index contributed by atoms with van der Waals surface area (Å²) in [5.74, 6) is 0. The summed E-state index contributed by atoms with van der Waals surface area (Å²) in [7, 11) is 0. The molecule has 0 aromatic rings. The van der Waals surface area contributed by atoms with Gasteiger partial charge in [0.1, 0.15) is 6.17 Å². The van der Waals surface area contributed by atoms with Crippen molar-refractivity contribution in [1.29, 1.82) is 0 Å². The maximum Gasteiger partial charge on any atom is 0.123 e. The van der Waals surface area contributed by atoms with Crippen molar-refractivity contribution in [1.82, 2.24) is 15.1 Å². The van der Waals surface area contributed by atoms with E-state index >= 15 is 0 Å². The van der Waals surface area contributed by atoms with Crippen LogP contribution >= 0.6 is 0 Å². The highest BCUT2D eigenvalue weighted by Gasteiger charge is 2.28. The molecule has 0 saturated carbocycles. The van der Waals surface area contributed by atoms with Crippen LogP contribution in [-0.2, 0) is 0 Å². The molecule has 5 heteroatoms. The van der Waals surface area contributed by atoms with Crippen molar-refractivity contribution in [2.24, 2.45) is 10.2 Å². The van der Waals surface area contributed by atoms with E-state index in [0.29, 0.717) is 0 Å². The van der Waals surface area contributed by atoms with Crippen LogP contribution in [0, 0.1) is 0 Å². The number of hydrazine groups is 1. The van der Waals surface area contributed by atoms with Crippen molar-refractivity contribution in [2.75, 3.05) is 6.54 Å². The van der Waals surface area contributed by atoms with Gasteiger partial charge in [0, 0.05) is 31.4 Å². The van der Waals surface area contributed by atoms with Gasteiger partial charge in [-0.3, -0.25) is 5.01 Å². The molecular weight excluding hydrogens is 262 g/mol. The maximum atomic E-state index is 4.53. The minimum atomic E-state index is 0.194. The molecule has 0 spiro atoms. The Labute approximate surface area is 125 Å². The van der Waals surface area contributed by atoms with E-state index in [1.54, 1.807) is 0 Å². The second-order valence-corrected chi connectivity index (χ2v) is 5.18. The van der Waals surface area contributed by atoms with Crippen LogP contribution in [-0.4, -0.2) is 40.3 Å². The van der Waals surface area contributed by atoms with Crippen molar-refractivity contribution in [3.8, 4) is 0 Å². The van der Waals surface area contributed by atoms with E-state index in [1.807, 2.05) is 71.4 Å². The summed E-state index contributed by atoms with van der Waals surface area (Å²) < 4.78 is 0. The number of rotatable bonds is 2. The molecule has 0 radical (unpaired) electrons. The highest BCUT2D eigenvalue weighted by molar-refractivity contribution is 5.72. The fraction of sp³-hybridized carbons (Fsp3) is 0.375. The lowest BCUT2D eigenvalue weighted by atomic mass is 10.2. The van der Waals surface area contributed by atoms with Gasteiger partial charge in [-0.1, -0.05) is 18.6 Å². The Morgan fingerprint density at radius 3 is 2.48 bits per heavy atom. The lowest BCUT2D eigenvalue weighted by molar-refractivity contribution is -0.0682. The van der Waals surface area contributed by atoms with E-state index in [4.69, 9.17) is 0 Å². The molecule has 0 N–H and O–H groups in total. The van der Waals surface area contributed by atoms with E-state index in [0.717, 1.165) is 13.0 Å². The maximum absolute atomic E-state index is 4.53. The van der Waals surface area contributed by atoms with Gasteiger partial charge in [-0.25, -0.2) is 0 Å². The second-order valence-electron chi connectivity index (χ2n) is 5.18. The molecule has 1 unspecified atom stereocenters. The van der Waals surface area contributed by atoms with E-state index in [1.165, 1.54) is 19.3 Å². The fourth-order valence-electron chi connectivity index (χ4n) is 2.70. The summed E-state index contributed by atoms with van der Waals surface area (Å²) in [6.07, 6.45) is 24.5. The first-order valence-corrected chi connectivity index (χ1v) is 7.54. The molecule has 5 nitrogen and oxygen atoms in total. The van der Waals surface area contributed by atoms with Crippen molar-refractivity contribution in [3.63, 3.8) is 0 Å². The van der Waals surface area contributed by atoms with Gasteiger partial charge in [-0.2, -0.15) is 20.3 Å². The Balaban J connectivity index is 1.83. The predicted molar refractivity (Wildman–Crippen MR) is 86.2 cm³/mol. The molecule has 3 rings (SSSR count). The normalized spacial score (nSPS) is 26.0. The number of nitrogens with zero attached hydrogens (tertiary/aromatic N) is 5. The van der Waals surface area contributed by atoms with Crippen molar-refractivity contribution < 1.29 is 0 Å². The van der Waals surface area contributed by atoms with Crippen LogP contribution in [0.1, 0.15) is 25.7 Å². The lowest BCUT2D eigenvalue weighted by Gasteiger charge is -2.38. The molecule has 0 amide bonds. The number of allylic oxidation sites excluding steroid dienone is 6. The third-order valence-corrected chi connectivity index (χ3v) is 3.72. The molecule has 3 heterocycles. The molecular formula is C16H21N5. The van der Waals surface area contributed by atoms with Crippen molar-refractivity contribution in [2.45, 2.75) is 31.8 Å². The van der Waals surface area contributed by atoms with Crippen LogP contribution in [0.3, 0.4) is 0 Å². The van der Waals surface area contributed by atoms with Gasteiger partial charge in [0.25, 0.3) is 0 Å². The fourth-order valence-corrected chi connectivity index (χ4v) is 2.70. The number of hydrogen-bond donors (Lipinski definition) is 0. The Morgan fingerprint density at radius 1 is 0.762 bits per heavy atom. The third-order valence-electron chi connectivity index (χ3n) is 3.72. The molecule has 1 saturated heterocycles. The summed E-state index contributed by atoms with van der Waals surface area (Å²) in [5.41, 5.74) is 0. The zero-order valence-electron chi connectivity index (χ0n) is 12.1. The lowest BCUT2D eigenvalue weighted by Crippen LogP contribution is -2.49. The average molecular weight is 283 g/mol. The van der Waals surface area contributed by atoms with Gasteiger partial charge in [0.15, 0.2) is 0 Å². The summed E-state index contributed by atoms with van der Waals surface area (Å²) in [6, 6.07) is 0. The van der Waals surface area contributed by atoms with Crippen LogP contribution in [0.25, 0.3) is 0 Å². The number of hydrogen-bond acceptors (Lipinski definition) is 5. The average Bonchev–Trinajstić information content (AvgIpc) is 3.01. The predicted octanol–water partition coefficient (Wildman–Crippen LogP) is 2.85. The molecule has 3 aliphatic heterocycles. The van der Waals surface area contributed by atoms with Crippen LogP contribution < -0.4 is 0 Å². The van der Waals surface area contributed by atoms with Gasteiger partial charge < -0.3 is 0 Å². The van der Waals surface area contributed by atoms with E-state index < -0.39 is 0 Å². The Morgan fingerprint density at radius 2 is 1.57 bits per heavy atom. The minimum Gasteiger partial charge on any atom is -0.254 e. The van der Waals surface area contributed by atoms with Gasteiger partial charge in [0.2, 0.25) is 0 Å². The number of hydrazone groups is 2. The summed E-state index contributed by atoms with van der Waals surface area (Å²) in [4.78, 5) is 0. The first-order chi connectivity index (χ1) is 10.4. The van der Waals surface area contributed by atoms with Crippen molar-refractivity contribution in [3.05, 3.63) is 48.9 Å². The molecule has 0 aromatic carbocycles. The largest absolute Gasteiger partial charge is 0.254 e. The van der Waals surface area contributed by atoms with Gasteiger partial charge in [-0.15, -0.1) is 0 Å².